The smallest absolute Gasteiger partial charge is 0.416 e. The summed E-state index contributed by atoms with van der Waals surface area (Å²) < 4.78 is 59.3. The summed E-state index contributed by atoms with van der Waals surface area (Å²) in [6.07, 6.45) is 2.21. The molecule has 0 spiro atoms. The summed E-state index contributed by atoms with van der Waals surface area (Å²) in [7, 11) is 0. The molecule has 0 heterocycles. The maximum atomic E-state index is 14.2. The lowest BCUT2D eigenvalue weighted by molar-refractivity contribution is -0.137. The van der Waals surface area contributed by atoms with Gasteiger partial charge in [-0.05, 0) is 81.1 Å². The van der Waals surface area contributed by atoms with Crippen LogP contribution in [0.5, 0.6) is 5.75 Å². The minimum atomic E-state index is -4.60. The Morgan fingerprint density at radius 1 is 0.950 bits per heavy atom. The normalized spacial score (nSPS) is 12.1. The number of hydrogen-bond donors (Lipinski definition) is 0. The number of Topliss-reactive ketones (excluding diaryl/α,β-unsaturated/α-hetero) is 1. The van der Waals surface area contributed by atoms with E-state index in [1.165, 1.54) is 6.42 Å². The molecule has 214 valence electrons. The first-order valence-electron chi connectivity index (χ1n) is 13.1. The zero-order valence-corrected chi connectivity index (χ0v) is 25.0. The van der Waals surface area contributed by atoms with Crippen LogP contribution < -0.4 is 4.74 Å². The zero-order valence-electron chi connectivity index (χ0n) is 23.5. The SMILES string of the molecule is CC(=O)c1cccc(C/C(C)=C\C/C=C(\C)c2cc(Br)ccc2OCc2ccc(C(F)(F)F)cc2F)c1.CCC. The van der Waals surface area contributed by atoms with Crippen LogP contribution >= 0.6 is 15.9 Å². The van der Waals surface area contributed by atoms with Crippen molar-refractivity contribution in [1.29, 1.82) is 0 Å². The molecule has 0 fully saturated rings. The highest BCUT2D eigenvalue weighted by molar-refractivity contribution is 9.10. The van der Waals surface area contributed by atoms with E-state index >= 15 is 0 Å². The van der Waals surface area contributed by atoms with E-state index in [9.17, 15) is 22.4 Å². The van der Waals surface area contributed by atoms with Crippen molar-refractivity contribution >= 4 is 27.3 Å². The van der Waals surface area contributed by atoms with Gasteiger partial charge in [-0.3, -0.25) is 4.79 Å². The van der Waals surface area contributed by atoms with E-state index in [1.54, 1.807) is 25.1 Å². The first kappa shape index (κ1) is 33.0. The summed E-state index contributed by atoms with van der Waals surface area (Å²) in [5, 5.41) is 0. The van der Waals surface area contributed by atoms with Gasteiger partial charge in [0.05, 0.1) is 5.56 Å². The van der Waals surface area contributed by atoms with Gasteiger partial charge in [-0.2, -0.15) is 13.2 Å². The summed E-state index contributed by atoms with van der Waals surface area (Å²) in [5.41, 5.74) is 3.66. The molecule has 0 saturated heterocycles. The summed E-state index contributed by atoms with van der Waals surface area (Å²) >= 11 is 3.46. The number of carbonyl (C=O) groups excluding carboxylic acids is 1. The van der Waals surface area contributed by atoms with E-state index in [1.807, 2.05) is 44.2 Å². The number of rotatable bonds is 9. The van der Waals surface area contributed by atoms with E-state index in [-0.39, 0.29) is 18.0 Å². The molecule has 0 N–H and O–H groups in total. The fraction of sp³-hybridized carbons (Fsp3) is 0.303. The summed E-state index contributed by atoms with van der Waals surface area (Å²) in [5.74, 6) is -0.427. The Hall–Kier alpha value is -3.19. The second-order valence-corrected chi connectivity index (χ2v) is 10.5. The molecule has 7 heteroatoms. The second-order valence-electron chi connectivity index (χ2n) is 9.55. The number of benzene rings is 3. The molecule has 0 atom stereocenters. The van der Waals surface area contributed by atoms with Gasteiger partial charge in [0.2, 0.25) is 0 Å². The van der Waals surface area contributed by atoms with Gasteiger partial charge in [-0.15, -0.1) is 0 Å². The maximum Gasteiger partial charge on any atom is 0.416 e. The van der Waals surface area contributed by atoms with Crippen LogP contribution in [0.4, 0.5) is 17.6 Å². The van der Waals surface area contributed by atoms with Gasteiger partial charge >= 0.3 is 6.18 Å². The van der Waals surface area contributed by atoms with Crippen LogP contribution in [0.15, 0.2) is 82.9 Å². The predicted octanol–water partition coefficient (Wildman–Crippen LogP) is 10.8. The van der Waals surface area contributed by atoms with Crippen LogP contribution in [0.1, 0.15) is 80.1 Å². The molecule has 0 radical (unpaired) electrons. The molecule has 0 aliphatic carbocycles. The van der Waals surface area contributed by atoms with E-state index < -0.39 is 17.6 Å². The van der Waals surface area contributed by atoms with Gasteiger partial charge in [-0.25, -0.2) is 4.39 Å². The topological polar surface area (TPSA) is 26.3 Å². The third kappa shape index (κ3) is 10.4. The fourth-order valence-electron chi connectivity index (χ4n) is 3.77. The standard InChI is InChI=1S/C30H27BrF4O2.C3H8/c1-19(14-22-8-5-9-23(15-22)21(3)36)6-4-7-20(2)27-17-26(31)12-13-29(27)37-18-24-10-11-25(16-28(24)32)30(33,34)35;1-3-2/h5-13,15-17H,4,14,18H2,1-3H3;3H2,1-2H3/b19-6-,20-7+;. The number of hydrogen-bond acceptors (Lipinski definition) is 2. The Labute approximate surface area is 242 Å². The average Bonchev–Trinajstić information content (AvgIpc) is 2.88. The number of alkyl halides is 3. The molecule has 0 amide bonds. The molecule has 0 aliphatic heterocycles. The molecule has 40 heavy (non-hydrogen) atoms. The van der Waals surface area contributed by atoms with Crippen molar-refractivity contribution in [2.45, 2.75) is 66.7 Å². The van der Waals surface area contributed by atoms with Crippen LogP contribution in [0.3, 0.4) is 0 Å². The predicted molar refractivity (Wildman–Crippen MR) is 158 cm³/mol. The molecule has 0 bridgehead atoms. The van der Waals surface area contributed by atoms with Gasteiger partial charge < -0.3 is 4.74 Å². The quantitative estimate of drug-likeness (QED) is 0.135. The fourth-order valence-corrected chi connectivity index (χ4v) is 4.13. The van der Waals surface area contributed by atoms with Crippen LogP contribution in [-0.4, -0.2) is 5.78 Å². The van der Waals surface area contributed by atoms with Gasteiger partial charge in [0.15, 0.2) is 5.78 Å². The minimum Gasteiger partial charge on any atom is -0.488 e. The summed E-state index contributed by atoms with van der Waals surface area (Å²) in [6, 6.07) is 15.4. The lowest BCUT2D eigenvalue weighted by atomic mass is 10.0. The van der Waals surface area contributed by atoms with Gasteiger partial charge in [-0.1, -0.05) is 78.2 Å². The van der Waals surface area contributed by atoms with E-state index in [0.717, 1.165) is 45.3 Å². The molecule has 0 unspecified atom stereocenters. The lowest BCUT2D eigenvalue weighted by Crippen LogP contribution is -2.07. The number of carbonyl (C=O) groups is 1. The highest BCUT2D eigenvalue weighted by Crippen LogP contribution is 2.32. The third-order valence-electron chi connectivity index (χ3n) is 5.84. The molecule has 0 aliphatic rings. The van der Waals surface area contributed by atoms with Crippen LogP contribution in [-0.2, 0) is 19.2 Å². The van der Waals surface area contributed by atoms with Crippen molar-refractivity contribution < 1.29 is 27.1 Å². The van der Waals surface area contributed by atoms with Gasteiger partial charge in [0.25, 0.3) is 0 Å². The molecule has 3 aromatic rings. The average molecular weight is 620 g/mol. The van der Waals surface area contributed by atoms with Crippen molar-refractivity contribution in [2.75, 3.05) is 0 Å². The Bertz CT molecular complexity index is 1360. The first-order valence-corrected chi connectivity index (χ1v) is 13.9. The van der Waals surface area contributed by atoms with Gasteiger partial charge in [0, 0.05) is 21.2 Å². The zero-order chi connectivity index (χ0) is 29.9. The van der Waals surface area contributed by atoms with Crippen LogP contribution in [0.2, 0.25) is 0 Å². The molecule has 3 rings (SSSR count). The summed E-state index contributed by atoms with van der Waals surface area (Å²) in [6.45, 7) is 9.57. The first-order chi connectivity index (χ1) is 18.8. The number of ketones is 1. The highest BCUT2D eigenvalue weighted by atomic mass is 79.9. The molecule has 2 nitrogen and oxygen atoms in total. The van der Waals surface area contributed by atoms with E-state index in [0.29, 0.717) is 23.8 Å². The molecule has 3 aromatic carbocycles. The largest absolute Gasteiger partial charge is 0.488 e. The Balaban J connectivity index is 0.00000178. The number of ether oxygens (including phenoxy) is 1. The molecule has 0 saturated carbocycles. The molecule has 0 aromatic heterocycles. The highest BCUT2D eigenvalue weighted by Gasteiger charge is 2.31. The third-order valence-corrected chi connectivity index (χ3v) is 6.33. The van der Waals surface area contributed by atoms with Crippen molar-refractivity contribution in [3.63, 3.8) is 0 Å². The Kier molecular flexibility index (Phi) is 12.8. The van der Waals surface area contributed by atoms with Crippen molar-refractivity contribution in [2.24, 2.45) is 0 Å². The Morgan fingerprint density at radius 3 is 2.27 bits per heavy atom. The van der Waals surface area contributed by atoms with E-state index in [2.05, 4.69) is 35.9 Å². The summed E-state index contributed by atoms with van der Waals surface area (Å²) in [4.78, 5) is 11.6. The van der Waals surface area contributed by atoms with E-state index in [4.69, 9.17) is 4.74 Å². The van der Waals surface area contributed by atoms with Crippen molar-refractivity contribution in [3.05, 3.63) is 116 Å². The van der Waals surface area contributed by atoms with Crippen LogP contribution in [0.25, 0.3) is 5.57 Å². The second kappa shape index (κ2) is 15.6. The van der Waals surface area contributed by atoms with Gasteiger partial charge in [0.1, 0.15) is 18.2 Å². The molecular weight excluding hydrogens is 584 g/mol. The lowest BCUT2D eigenvalue weighted by Gasteiger charge is -2.14. The Morgan fingerprint density at radius 2 is 1.65 bits per heavy atom. The number of allylic oxidation sites excluding steroid dienone is 4. The molecular formula is C33H35BrF4O2. The minimum absolute atomic E-state index is 0.0372. The van der Waals surface area contributed by atoms with Crippen LogP contribution in [0, 0.1) is 5.82 Å². The number of halogens is 5. The van der Waals surface area contributed by atoms with Crippen molar-refractivity contribution in [3.8, 4) is 5.75 Å². The maximum absolute atomic E-state index is 14.2. The van der Waals surface area contributed by atoms with Crippen molar-refractivity contribution in [1.82, 2.24) is 0 Å². The monoisotopic (exact) mass is 618 g/mol.